The Labute approximate surface area is 134 Å². The Bertz CT molecular complexity index is 887. The van der Waals surface area contributed by atoms with Crippen molar-refractivity contribution in [2.45, 2.75) is 6.18 Å². The SMILES string of the molecule is N#Cc1cc(O)c(O)c(C#N)c1/C=C/c1ccc(C(F)(F)F)cc1. The van der Waals surface area contributed by atoms with Gasteiger partial charge in [-0.25, -0.2) is 0 Å². The fourth-order valence-electron chi connectivity index (χ4n) is 2.01. The summed E-state index contributed by atoms with van der Waals surface area (Å²) in [7, 11) is 0. The van der Waals surface area contributed by atoms with Gasteiger partial charge in [0.25, 0.3) is 0 Å². The van der Waals surface area contributed by atoms with Crippen molar-refractivity contribution in [2.75, 3.05) is 0 Å². The molecule has 0 heterocycles. The van der Waals surface area contributed by atoms with E-state index in [1.165, 1.54) is 24.3 Å². The Morgan fingerprint density at radius 1 is 0.958 bits per heavy atom. The highest BCUT2D eigenvalue weighted by molar-refractivity contribution is 5.79. The van der Waals surface area contributed by atoms with E-state index in [1.54, 1.807) is 12.1 Å². The van der Waals surface area contributed by atoms with E-state index in [2.05, 4.69) is 0 Å². The lowest BCUT2D eigenvalue weighted by atomic mass is 9.99. The van der Waals surface area contributed by atoms with Crippen molar-refractivity contribution in [3.05, 3.63) is 58.1 Å². The number of benzene rings is 2. The van der Waals surface area contributed by atoms with Gasteiger partial charge >= 0.3 is 6.18 Å². The van der Waals surface area contributed by atoms with Crippen LogP contribution >= 0.6 is 0 Å². The Balaban J connectivity index is 2.45. The highest BCUT2D eigenvalue weighted by Gasteiger charge is 2.29. The number of hydrogen-bond donors (Lipinski definition) is 2. The molecule has 0 unspecified atom stereocenters. The lowest BCUT2D eigenvalue weighted by molar-refractivity contribution is -0.137. The monoisotopic (exact) mass is 330 g/mol. The highest BCUT2D eigenvalue weighted by Crippen LogP contribution is 2.34. The van der Waals surface area contributed by atoms with E-state index < -0.39 is 23.2 Å². The summed E-state index contributed by atoms with van der Waals surface area (Å²) in [5.41, 5.74) is -0.671. The number of nitrogens with zero attached hydrogens (tertiary/aromatic N) is 2. The average Bonchev–Trinajstić information content (AvgIpc) is 2.55. The zero-order chi connectivity index (χ0) is 17.9. The molecule has 2 aromatic carbocycles. The van der Waals surface area contributed by atoms with Gasteiger partial charge in [0.1, 0.15) is 11.6 Å². The van der Waals surface area contributed by atoms with Gasteiger partial charge in [-0.15, -0.1) is 0 Å². The van der Waals surface area contributed by atoms with Gasteiger partial charge in [-0.3, -0.25) is 0 Å². The average molecular weight is 330 g/mol. The van der Waals surface area contributed by atoms with Gasteiger partial charge in [0, 0.05) is 11.6 Å². The second-order valence-corrected chi connectivity index (χ2v) is 4.76. The minimum Gasteiger partial charge on any atom is -0.504 e. The molecule has 2 aromatic rings. The first kappa shape index (κ1) is 16.9. The third-order valence-electron chi connectivity index (χ3n) is 3.23. The predicted octanol–water partition coefficient (Wildman–Crippen LogP) is 4.03. The molecule has 120 valence electrons. The standard InChI is InChI=1S/C17H9F3N2O2/c18-17(19,20)12-4-1-10(2-5-12)3-6-13-11(8-21)7-15(23)16(24)14(13)9-22/h1-7,23-24H/b6-3+. The fourth-order valence-corrected chi connectivity index (χ4v) is 2.01. The van der Waals surface area contributed by atoms with Gasteiger partial charge in [0.15, 0.2) is 11.5 Å². The maximum atomic E-state index is 12.5. The second kappa shape index (κ2) is 6.35. The summed E-state index contributed by atoms with van der Waals surface area (Å²) in [5.74, 6) is -1.27. The summed E-state index contributed by atoms with van der Waals surface area (Å²) in [6, 6.07) is 8.75. The van der Waals surface area contributed by atoms with Crippen LogP contribution in [0.2, 0.25) is 0 Å². The van der Waals surface area contributed by atoms with Crippen LogP contribution in [0, 0.1) is 22.7 Å². The van der Waals surface area contributed by atoms with E-state index in [0.717, 1.165) is 18.2 Å². The lowest BCUT2D eigenvalue weighted by Crippen LogP contribution is -2.03. The van der Waals surface area contributed by atoms with Crippen molar-refractivity contribution in [3.8, 4) is 23.6 Å². The summed E-state index contributed by atoms with van der Waals surface area (Å²) < 4.78 is 37.5. The third-order valence-corrected chi connectivity index (χ3v) is 3.23. The van der Waals surface area contributed by atoms with Crippen LogP contribution in [0.5, 0.6) is 11.5 Å². The molecular weight excluding hydrogens is 321 g/mol. The molecule has 2 N–H and O–H groups in total. The van der Waals surface area contributed by atoms with Crippen molar-refractivity contribution in [1.82, 2.24) is 0 Å². The first-order valence-corrected chi connectivity index (χ1v) is 6.52. The molecule has 4 nitrogen and oxygen atoms in total. The summed E-state index contributed by atoms with van der Waals surface area (Å²) in [5, 5.41) is 37.3. The molecule has 0 saturated carbocycles. The molecular formula is C17H9F3N2O2. The second-order valence-electron chi connectivity index (χ2n) is 4.76. The van der Waals surface area contributed by atoms with Gasteiger partial charge in [-0.05, 0) is 17.7 Å². The molecule has 0 atom stereocenters. The van der Waals surface area contributed by atoms with Gasteiger partial charge in [-0.2, -0.15) is 23.7 Å². The van der Waals surface area contributed by atoms with Gasteiger partial charge < -0.3 is 10.2 Å². The quantitative estimate of drug-likeness (QED) is 0.643. The normalized spacial score (nSPS) is 11.2. The Kier molecular flexibility index (Phi) is 4.47. The van der Waals surface area contributed by atoms with Crippen molar-refractivity contribution in [2.24, 2.45) is 0 Å². The molecule has 0 fully saturated rings. The molecule has 2 rings (SSSR count). The number of phenolic OH excluding ortho intramolecular Hbond substituents is 2. The van der Waals surface area contributed by atoms with Crippen LogP contribution in [-0.4, -0.2) is 10.2 Å². The van der Waals surface area contributed by atoms with Crippen LogP contribution in [0.15, 0.2) is 30.3 Å². The van der Waals surface area contributed by atoms with Gasteiger partial charge in [0.2, 0.25) is 0 Å². The first-order chi connectivity index (χ1) is 11.3. The minimum absolute atomic E-state index is 0.0509. The van der Waals surface area contributed by atoms with Crippen LogP contribution in [0.4, 0.5) is 13.2 Å². The Hall–Kier alpha value is -3.45. The van der Waals surface area contributed by atoms with Crippen molar-refractivity contribution < 1.29 is 23.4 Å². The smallest absolute Gasteiger partial charge is 0.416 e. The maximum Gasteiger partial charge on any atom is 0.416 e. The van der Waals surface area contributed by atoms with E-state index in [4.69, 9.17) is 10.5 Å². The summed E-state index contributed by atoms with van der Waals surface area (Å²) >= 11 is 0. The molecule has 0 spiro atoms. The van der Waals surface area contributed by atoms with Crippen LogP contribution in [-0.2, 0) is 6.18 Å². The predicted molar refractivity (Wildman–Crippen MR) is 79.6 cm³/mol. The molecule has 0 aliphatic carbocycles. The summed E-state index contributed by atoms with van der Waals surface area (Å²) in [6.45, 7) is 0. The van der Waals surface area contributed by atoms with E-state index in [9.17, 15) is 23.4 Å². The zero-order valence-corrected chi connectivity index (χ0v) is 12.0. The molecule has 0 radical (unpaired) electrons. The third kappa shape index (κ3) is 3.31. The van der Waals surface area contributed by atoms with Gasteiger partial charge in [-0.1, -0.05) is 24.3 Å². The molecule has 0 bridgehead atoms. The molecule has 24 heavy (non-hydrogen) atoms. The van der Waals surface area contributed by atoms with Crippen molar-refractivity contribution >= 4 is 12.2 Å². The molecule has 7 heteroatoms. The maximum absolute atomic E-state index is 12.5. The fraction of sp³-hybridized carbons (Fsp3) is 0.0588. The number of aromatic hydroxyl groups is 2. The summed E-state index contributed by atoms with van der Waals surface area (Å²) in [6.07, 6.45) is -1.72. The topological polar surface area (TPSA) is 88.0 Å². The number of halogens is 3. The number of rotatable bonds is 2. The molecule has 0 aliphatic heterocycles. The molecule has 0 aliphatic rings. The Morgan fingerprint density at radius 3 is 2.08 bits per heavy atom. The van der Waals surface area contributed by atoms with E-state index in [-0.39, 0.29) is 16.7 Å². The number of phenols is 2. The highest BCUT2D eigenvalue weighted by atomic mass is 19.4. The molecule has 0 amide bonds. The molecule has 0 saturated heterocycles. The lowest BCUT2D eigenvalue weighted by Gasteiger charge is -2.07. The Morgan fingerprint density at radius 2 is 1.58 bits per heavy atom. The summed E-state index contributed by atoms with van der Waals surface area (Å²) in [4.78, 5) is 0. The van der Waals surface area contributed by atoms with E-state index in [1.807, 2.05) is 0 Å². The van der Waals surface area contributed by atoms with Crippen LogP contribution in [0.25, 0.3) is 12.2 Å². The largest absolute Gasteiger partial charge is 0.504 e. The number of hydrogen-bond acceptors (Lipinski definition) is 4. The first-order valence-electron chi connectivity index (χ1n) is 6.52. The van der Waals surface area contributed by atoms with E-state index >= 15 is 0 Å². The van der Waals surface area contributed by atoms with Crippen molar-refractivity contribution in [1.29, 1.82) is 10.5 Å². The van der Waals surface area contributed by atoms with Crippen molar-refractivity contribution in [3.63, 3.8) is 0 Å². The number of nitriles is 2. The minimum atomic E-state index is -4.44. The van der Waals surface area contributed by atoms with Crippen LogP contribution in [0.1, 0.15) is 27.8 Å². The molecule has 0 aromatic heterocycles. The zero-order valence-electron chi connectivity index (χ0n) is 12.0. The van der Waals surface area contributed by atoms with Crippen LogP contribution in [0.3, 0.4) is 0 Å². The van der Waals surface area contributed by atoms with E-state index in [0.29, 0.717) is 5.56 Å². The van der Waals surface area contributed by atoms with Crippen LogP contribution < -0.4 is 0 Å². The number of alkyl halides is 3. The van der Waals surface area contributed by atoms with Gasteiger partial charge in [0.05, 0.1) is 17.2 Å².